The molecule has 7 heteroatoms. The van der Waals surface area contributed by atoms with E-state index in [1.54, 1.807) is 36.4 Å². The van der Waals surface area contributed by atoms with Crippen molar-refractivity contribution >= 4 is 29.2 Å². The maximum atomic E-state index is 13.6. The van der Waals surface area contributed by atoms with Crippen molar-refractivity contribution < 1.29 is 18.4 Å². The number of nitrogens with one attached hydrogen (secondary N) is 2. The molecule has 3 heterocycles. The zero-order valence-electron chi connectivity index (χ0n) is 18.1. The fourth-order valence-electron chi connectivity index (χ4n) is 4.25. The number of fused-ring (bicyclic) bond motifs is 1. The Morgan fingerprint density at radius 2 is 1.88 bits per heavy atom. The Kier molecular flexibility index (Phi) is 5.79. The Balaban J connectivity index is 1.26. The Labute approximate surface area is 191 Å². The molecule has 0 spiro atoms. The third kappa shape index (κ3) is 4.59. The summed E-state index contributed by atoms with van der Waals surface area (Å²) in [5.41, 5.74) is 2.85. The number of carbonyl (C=O) groups is 2. The molecule has 5 rings (SSSR count). The Hall–Kier alpha value is -3.71. The van der Waals surface area contributed by atoms with Crippen LogP contribution in [0.2, 0.25) is 0 Å². The molecule has 0 unspecified atom stereocenters. The number of amides is 2. The van der Waals surface area contributed by atoms with Crippen molar-refractivity contribution in [3.05, 3.63) is 77.3 Å². The van der Waals surface area contributed by atoms with Crippen LogP contribution in [0.4, 0.5) is 10.1 Å². The molecule has 0 atom stereocenters. The molecule has 0 saturated carbocycles. The minimum Gasteiger partial charge on any atom is -0.457 e. The van der Waals surface area contributed by atoms with Gasteiger partial charge in [0.05, 0.1) is 5.57 Å². The highest BCUT2D eigenvalue weighted by Gasteiger charge is 2.25. The predicted octanol–water partition coefficient (Wildman–Crippen LogP) is 4.40. The summed E-state index contributed by atoms with van der Waals surface area (Å²) in [6.45, 7) is 3.74. The molecule has 2 aromatic carbocycles. The van der Waals surface area contributed by atoms with Gasteiger partial charge in [-0.1, -0.05) is 12.1 Å². The highest BCUT2D eigenvalue weighted by Crippen LogP contribution is 2.34. The average molecular weight is 445 g/mol. The highest BCUT2D eigenvalue weighted by molar-refractivity contribution is 6.34. The number of anilines is 1. The second kappa shape index (κ2) is 9.03. The summed E-state index contributed by atoms with van der Waals surface area (Å²) in [4.78, 5) is 27.0. The zero-order chi connectivity index (χ0) is 22.8. The van der Waals surface area contributed by atoms with E-state index in [0.29, 0.717) is 40.5 Å². The number of hydrogen-bond donors (Lipinski definition) is 2. The minimum atomic E-state index is -0.406. The average Bonchev–Trinajstić information content (AvgIpc) is 3.56. The molecule has 0 radical (unpaired) electrons. The topological polar surface area (TPSA) is 74.6 Å². The van der Waals surface area contributed by atoms with Crippen LogP contribution in [-0.4, -0.2) is 42.9 Å². The van der Waals surface area contributed by atoms with Gasteiger partial charge in [0.25, 0.3) is 11.8 Å². The second-order valence-corrected chi connectivity index (χ2v) is 8.29. The van der Waals surface area contributed by atoms with Gasteiger partial charge in [0, 0.05) is 35.5 Å². The van der Waals surface area contributed by atoms with Crippen LogP contribution >= 0.6 is 0 Å². The van der Waals surface area contributed by atoms with E-state index in [2.05, 4.69) is 15.5 Å². The SMILES string of the molecule is O=C1Nc2ccc(F)cc2/C1=C\c1ccc(-c2ccc(C(=O)NCCN3CCCC3)cc2)o1. The van der Waals surface area contributed by atoms with Crippen molar-refractivity contribution in [1.29, 1.82) is 0 Å². The van der Waals surface area contributed by atoms with Crippen LogP contribution in [0, 0.1) is 5.82 Å². The first-order valence-electron chi connectivity index (χ1n) is 11.1. The summed E-state index contributed by atoms with van der Waals surface area (Å²) < 4.78 is 19.5. The van der Waals surface area contributed by atoms with E-state index in [9.17, 15) is 14.0 Å². The van der Waals surface area contributed by atoms with Gasteiger partial charge in [-0.15, -0.1) is 0 Å². The lowest BCUT2D eigenvalue weighted by atomic mass is 10.1. The minimum absolute atomic E-state index is 0.0937. The summed E-state index contributed by atoms with van der Waals surface area (Å²) in [6.07, 6.45) is 4.08. The maximum Gasteiger partial charge on any atom is 0.256 e. The summed E-state index contributed by atoms with van der Waals surface area (Å²) in [5, 5.41) is 5.69. The lowest BCUT2D eigenvalue weighted by molar-refractivity contribution is -0.110. The van der Waals surface area contributed by atoms with Crippen molar-refractivity contribution in [3.8, 4) is 11.3 Å². The van der Waals surface area contributed by atoms with Crippen LogP contribution in [0.1, 0.15) is 34.5 Å². The lowest BCUT2D eigenvalue weighted by Gasteiger charge is -2.14. The quantitative estimate of drug-likeness (QED) is 0.552. The Morgan fingerprint density at radius 1 is 1.09 bits per heavy atom. The molecule has 2 aliphatic heterocycles. The van der Waals surface area contributed by atoms with Crippen molar-refractivity contribution in [2.75, 3.05) is 31.5 Å². The molecule has 2 amide bonds. The molecule has 2 N–H and O–H groups in total. The molecular weight excluding hydrogens is 421 g/mol. The first-order chi connectivity index (χ1) is 16.1. The van der Waals surface area contributed by atoms with Crippen molar-refractivity contribution in [1.82, 2.24) is 10.2 Å². The van der Waals surface area contributed by atoms with E-state index < -0.39 is 5.82 Å². The van der Waals surface area contributed by atoms with Gasteiger partial charge in [0.15, 0.2) is 0 Å². The molecular formula is C26H24FN3O3. The number of nitrogens with zero attached hydrogens (tertiary/aromatic N) is 1. The van der Waals surface area contributed by atoms with Crippen LogP contribution in [0.15, 0.2) is 59.0 Å². The largest absolute Gasteiger partial charge is 0.457 e. The summed E-state index contributed by atoms with van der Waals surface area (Å²) >= 11 is 0. The standard InChI is InChI=1S/C26H24FN3O3/c27-19-7-9-23-21(15-19)22(26(32)29-23)16-20-8-10-24(33-20)17-3-5-18(6-4-17)25(31)28-11-14-30-12-1-2-13-30/h3-10,15-16H,1-2,11-14H2,(H,28,31)(H,29,32)/b22-16+. The van der Waals surface area contributed by atoms with Gasteiger partial charge in [0.2, 0.25) is 0 Å². The fraction of sp³-hybridized carbons (Fsp3) is 0.231. The van der Waals surface area contributed by atoms with E-state index in [4.69, 9.17) is 4.42 Å². The van der Waals surface area contributed by atoms with Gasteiger partial charge in [-0.25, -0.2) is 4.39 Å². The number of rotatable bonds is 6. The molecule has 1 saturated heterocycles. The van der Waals surface area contributed by atoms with Crippen LogP contribution in [0.5, 0.6) is 0 Å². The molecule has 168 valence electrons. The zero-order valence-corrected chi connectivity index (χ0v) is 18.1. The number of carbonyl (C=O) groups excluding carboxylic acids is 2. The number of likely N-dealkylation sites (tertiary alicyclic amines) is 1. The van der Waals surface area contributed by atoms with Gasteiger partial charge in [0.1, 0.15) is 17.3 Å². The molecule has 2 aliphatic rings. The molecule has 0 bridgehead atoms. The lowest BCUT2D eigenvalue weighted by Crippen LogP contribution is -2.33. The number of halogens is 1. The van der Waals surface area contributed by atoms with Crippen LogP contribution in [0.25, 0.3) is 23.0 Å². The number of furan rings is 1. The fourth-order valence-corrected chi connectivity index (χ4v) is 4.25. The molecule has 1 fully saturated rings. The maximum absolute atomic E-state index is 13.6. The molecule has 0 aliphatic carbocycles. The number of hydrogen-bond acceptors (Lipinski definition) is 4. The molecule has 33 heavy (non-hydrogen) atoms. The van der Waals surface area contributed by atoms with Gasteiger partial charge in [-0.3, -0.25) is 9.59 Å². The van der Waals surface area contributed by atoms with Gasteiger partial charge >= 0.3 is 0 Å². The van der Waals surface area contributed by atoms with Crippen LogP contribution in [0.3, 0.4) is 0 Å². The summed E-state index contributed by atoms with van der Waals surface area (Å²) in [6, 6.07) is 14.9. The van der Waals surface area contributed by atoms with E-state index in [1.807, 2.05) is 12.1 Å². The first-order valence-corrected chi connectivity index (χ1v) is 11.1. The normalized spacial score (nSPS) is 16.8. The van der Waals surface area contributed by atoms with E-state index in [-0.39, 0.29) is 11.8 Å². The Bertz CT molecular complexity index is 1220. The van der Waals surface area contributed by atoms with E-state index >= 15 is 0 Å². The third-order valence-corrected chi connectivity index (χ3v) is 6.02. The van der Waals surface area contributed by atoms with Gasteiger partial charge in [-0.05, 0) is 74.5 Å². The summed E-state index contributed by atoms with van der Waals surface area (Å²) in [5.74, 6) is 0.297. The van der Waals surface area contributed by atoms with Crippen LogP contribution < -0.4 is 10.6 Å². The van der Waals surface area contributed by atoms with E-state index in [1.165, 1.54) is 25.0 Å². The highest BCUT2D eigenvalue weighted by atomic mass is 19.1. The first kappa shape index (κ1) is 21.2. The summed E-state index contributed by atoms with van der Waals surface area (Å²) in [7, 11) is 0. The van der Waals surface area contributed by atoms with Crippen LogP contribution in [-0.2, 0) is 4.79 Å². The number of benzene rings is 2. The monoisotopic (exact) mass is 445 g/mol. The predicted molar refractivity (Wildman–Crippen MR) is 125 cm³/mol. The molecule has 1 aromatic heterocycles. The van der Waals surface area contributed by atoms with Crippen molar-refractivity contribution in [3.63, 3.8) is 0 Å². The van der Waals surface area contributed by atoms with Gasteiger partial charge in [-0.2, -0.15) is 0 Å². The van der Waals surface area contributed by atoms with Crippen molar-refractivity contribution in [2.45, 2.75) is 12.8 Å². The van der Waals surface area contributed by atoms with Gasteiger partial charge < -0.3 is 20.0 Å². The second-order valence-electron chi connectivity index (χ2n) is 8.29. The van der Waals surface area contributed by atoms with E-state index in [0.717, 1.165) is 25.2 Å². The molecule has 6 nitrogen and oxygen atoms in total. The smallest absolute Gasteiger partial charge is 0.256 e. The third-order valence-electron chi connectivity index (χ3n) is 6.02. The Morgan fingerprint density at radius 3 is 2.67 bits per heavy atom. The molecule has 3 aromatic rings. The van der Waals surface area contributed by atoms with Crippen molar-refractivity contribution in [2.24, 2.45) is 0 Å².